The molecule has 0 bridgehead atoms. The quantitative estimate of drug-likeness (QED) is 0.374. The number of hydrogen-bond acceptors (Lipinski definition) is 6. The third-order valence-electron chi connectivity index (χ3n) is 5.46. The smallest absolute Gasteiger partial charge is 0.416 e. The first kappa shape index (κ1) is 29.1. The minimum Gasteiger partial charge on any atom is -0.481 e. The molecule has 0 aliphatic carbocycles. The summed E-state index contributed by atoms with van der Waals surface area (Å²) in [5.41, 5.74) is -0.689. The van der Waals surface area contributed by atoms with Crippen LogP contribution in [-0.2, 0) is 43.8 Å². The maximum absolute atomic E-state index is 13.5. The number of ether oxygens (including phenoxy) is 1. The molecule has 0 atom stereocenters. The number of benzene rings is 3. The molecule has 8 nitrogen and oxygen atoms in total. The Kier molecular flexibility index (Phi) is 8.54. The van der Waals surface area contributed by atoms with Crippen molar-refractivity contribution in [1.29, 1.82) is 0 Å². The van der Waals surface area contributed by atoms with Crippen LogP contribution in [-0.4, -0.2) is 45.0 Å². The normalized spacial score (nSPS) is 12.5. The number of hydrogen-bond donors (Lipinski definition) is 1. The van der Waals surface area contributed by atoms with Crippen LogP contribution in [0.2, 0.25) is 0 Å². The van der Waals surface area contributed by atoms with Crippen LogP contribution in [0.25, 0.3) is 0 Å². The minimum atomic E-state index is -4.70. The zero-order valence-electron chi connectivity index (χ0n) is 20.3. The third-order valence-corrected chi connectivity index (χ3v) is 8.52. The van der Waals surface area contributed by atoms with Crippen LogP contribution in [0.15, 0.2) is 76.5 Å². The molecule has 3 aromatic rings. The van der Waals surface area contributed by atoms with Gasteiger partial charge in [0.15, 0.2) is 9.84 Å². The molecular weight excluding hydrogens is 547 g/mol. The Hall–Kier alpha value is -3.42. The molecule has 0 radical (unpaired) electrons. The average molecular weight is 572 g/mol. The van der Waals surface area contributed by atoms with Crippen LogP contribution < -0.4 is 4.74 Å². The number of carboxylic acid groups (broad SMARTS) is 1. The highest BCUT2D eigenvalue weighted by atomic mass is 32.2. The van der Waals surface area contributed by atoms with Crippen molar-refractivity contribution in [3.05, 3.63) is 83.4 Å². The predicted molar refractivity (Wildman–Crippen MR) is 132 cm³/mol. The summed E-state index contributed by atoms with van der Waals surface area (Å²) in [4.78, 5) is 10.7. The molecule has 1 N–H and O–H groups in total. The summed E-state index contributed by atoms with van der Waals surface area (Å²) in [5.74, 6) is -0.968. The summed E-state index contributed by atoms with van der Waals surface area (Å²) in [6.45, 7) is 0.909. The van der Waals surface area contributed by atoms with E-state index in [0.29, 0.717) is 5.56 Å². The highest BCUT2D eigenvalue weighted by Crippen LogP contribution is 2.35. The van der Waals surface area contributed by atoms with Crippen LogP contribution in [0.3, 0.4) is 0 Å². The van der Waals surface area contributed by atoms with Gasteiger partial charge in [-0.3, -0.25) is 4.79 Å². The molecule has 0 amide bonds. The number of aliphatic carboxylic acids is 1. The van der Waals surface area contributed by atoms with Gasteiger partial charge in [-0.2, -0.15) is 17.5 Å². The van der Waals surface area contributed by atoms with E-state index in [1.807, 2.05) is 0 Å². The van der Waals surface area contributed by atoms with E-state index in [-0.39, 0.29) is 39.8 Å². The standard InChI is InChI=1S/C25H24F3NO7S2/c1-3-29(38(34,35)22-10-8-21(9-11-22)37(2,32)33)16-18-15-19(25(26,27)28)7-12-23(18)36-20-6-4-5-17(13-20)14-24(30)31/h4-13,15H,3,14,16H2,1-2H3,(H,30,31). The molecule has 0 fully saturated rings. The molecule has 0 saturated heterocycles. The number of alkyl halides is 3. The first-order valence-corrected chi connectivity index (χ1v) is 14.4. The van der Waals surface area contributed by atoms with Crippen molar-refractivity contribution in [3.8, 4) is 11.5 Å². The fourth-order valence-electron chi connectivity index (χ4n) is 3.56. The lowest BCUT2D eigenvalue weighted by molar-refractivity contribution is -0.138. The van der Waals surface area contributed by atoms with Crippen molar-refractivity contribution in [2.45, 2.75) is 35.9 Å². The van der Waals surface area contributed by atoms with E-state index in [4.69, 9.17) is 9.84 Å². The van der Waals surface area contributed by atoms with Gasteiger partial charge >= 0.3 is 12.1 Å². The lowest BCUT2D eigenvalue weighted by Crippen LogP contribution is -2.30. The Morgan fingerprint density at radius 1 is 0.947 bits per heavy atom. The topological polar surface area (TPSA) is 118 Å². The van der Waals surface area contributed by atoms with Crippen molar-refractivity contribution in [3.63, 3.8) is 0 Å². The van der Waals surface area contributed by atoms with Crippen molar-refractivity contribution in [1.82, 2.24) is 4.31 Å². The van der Waals surface area contributed by atoms with E-state index in [0.717, 1.165) is 53.0 Å². The molecular formula is C25H24F3NO7S2. The molecule has 3 rings (SSSR count). The summed E-state index contributed by atoms with van der Waals surface area (Å²) < 4.78 is 97.1. The Balaban J connectivity index is 2.00. The van der Waals surface area contributed by atoms with E-state index in [1.165, 1.54) is 25.1 Å². The molecule has 0 unspecified atom stereocenters. The maximum atomic E-state index is 13.5. The lowest BCUT2D eigenvalue weighted by atomic mass is 10.1. The fourth-order valence-corrected chi connectivity index (χ4v) is 5.62. The zero-order chi connectivity index (χ0) is 28.3. The van der Waals surface area contributed by atoms with E-state index >= 15 is 0 Å². The Bertz CT molecular complexity index is 1540. The first-order valence-electron chi connectivity index (χ1n) is 11.1. The van der Waals surface area contributed by atoms with Crippen LogP contribution in [0.5, 0.6) is 11.5 Å². The number of rotatable bonds is 10. The zero-order valence-corrected chi connectivity index (χ0v) is 21.9. The number of carboxylic acids is 1. The molecule has 0 aliphatic heterocycles. The largest absolute Gasteiger partial charge is 0.481 e. The second kappa shape index (κ2) is 11.1. The van der Waals surface area contributed by atoms with Crippen LogP contribution in [0.1, 0.15) is 23.6 Å². The van der Waals surface area contributed by atoms with E-state index in [2.05, 4.69) is 0 Å². The van der Waals surface area contributed by atoms with Gasteiger partial charge in [-0.15, -0.1) is 0 Å². The van der Waals surface area contributed by atoms with Crippen molar-refractivity contribution in [2.75, 3.05) is 12.8 Å². The number of halogens is 3. The van der Waals surface area contributed by atoms with Gasteiger partial charge < -0.3 is 9.84 Å². The van der Waals surface area contributed by atoms with Gasteiger partial charge in [-0.25, -0.2) is 16.8 Å². The van der Waals surface area contributed by atoms with Gasteiger partial charge in [0.05, 0.1) is 21.8 Å². The number of carbonyl (C=O) groups is 1. The van der Waals surface area contributed by atoms with Crippen LogP contribution in [0.4, 0.5) is 13.2 Å². The molecule has 0 aromatic heterocycles. The van der Waals surface area contributed by atoms with E-state index in [9.17, 15) is 34.8 Å². The van der Waals surface area contributed by atoms with Gasteiger partial charge in [0.2, 0.25) is 10.0 Å². The second-order valence-corrected chi connectivity index (χ2v) is 12.3. The Labute approximate surface area is 218 Å². The van der Waals surface area contributed by atoms with Gasteiger partial charge in [0.25, 0.3) is 0 Å². The predicted octanol–water partition coefficient (Wildman–Crippen LogP) is 4.74. The summed E-state index contributed by atoms with van der Waals surface area (Å²) in [6.07, 6.45) is -4.02. The summed E-state index contributed by atoms with van der Waals surface area (Å²) in [5, 5.41) is 9.01. The molecule has 0 spiro atoms. The highest BCUT2D eigenvalue weighted by Gasteiger charge is 2.32. The third kappa shape index (κ3) is 7.11. The molecule has 0 aliphatic rings. The molecule has 3 aromatic carbocycles. The number of nitrogens with zero attached hydrogens (tertiary/aromatic N) is 1. The van der Waals surface area contributed by atoms with Crippen molar-refractivity contribution >= 4 is 25.8 Å². The first-order chi connectivity index (χ1) is 17.6. The molecule has 204 valence electrons. The van der Waals surface area contributed by atoms with Gasteiger partial charge in [0, 0.05) is 24.9 Å². The Morgan fingerprint density at radius 3 is 2.13 bits per heavy atom. The van der Waals surface area contributed by atoms with Gasteiger partial charge in [-0.05, 0) is 60.2 Å². The Morgan fingerprint density at radius 2 is 1.58 bits per heavy atom. The summed E-state index contributed by atoms with van der Waals surface area (Å²) in [7, 11) is -7.80. The molecule has 38 heavy (non-hydrogen) atoms. The number of sulfonamides is 1. The molecule has 0 saturated carbocycles. The average Bonchev–Trinajstić information content (AvgIpc) is 2.82. The second-order valence-electron chi connectivity index (χ2n) is 8.32. The SMILES string of the molecule is CCN(Cc1cc(C(F)(F)F)ccc1Oc1cccc(CC(=O)O)c1)S(=O)(=O)c1ccc(S(C)(=O)=O)cc1. The van der Waals surface area contributed by atoms with Gasteiger partial charge in [0.1, 0.15) is 11.5 Å². The fraction of sp³-hybridized carbons (Fsp3) is 0.240. The minimum absolute atomic E-state index is 0.0495. The maximum Gasteiger partial charge on any atom is 0.416 e. The highest BCUT2D eigenvalue weighted by molar-refractivity contribution is 7.90. The molecule has 0 heterocycles. The summed E-state index contributed by atoms with van der Waals surface area (Å²) in [6, 6.07) is 13.2. The van der Waals surface area contributed by atoms with E-state index in [1.54, 1.807) is 6.07 Å². The summed E-state index contributed by atoms with van der Waals surface area (Å²) >= 11 is 0. The monoisotopic (exact) mass is 571 g/mol. The lowest BCUT2D eigenvalue weighted by Gasteiger charge is -2.23. The molecule has 13 heteroatoms. The van der Waals surface area contributed by atoms with Gasteiger partial charge in [-0.1, -0.05) is 19.1 Å². The van der Waals surface area contributed by atoms with Crippen LogP contribution in [0, 0.1) is 0 Å². The van der Waals surface area contributed by atoms with Crippen molar-refractivity contribution in [2.24, 2.45) is 0 Å². The van der Waals surface area contributed by atoms with Crippen LogP contribution >= 0.6 is 0 Å². The number of sulfone groups is 1. The van der Waals surface area contributed by atoms with E-state index < -0.39 is 44.1 Å². The van der Waals surface area contributed by atoms with Crippen molar-refractivity contribution < 1.29 is 44.6 Å².